The Labute approximate surface area is 97.8 Å². The molecule has 0 radical (unpaired) electrons. The number of aryl methyl sites for hydroxylation is 1. The molecule has 7 heteroatoms. The largest absolute Gasteiger partial charge is 0.253 e. The van der Waals surface area contributed by atoms with Gasteiger partial charge in [-0.2, -0.15) is 0 Å². The van der Waals surface area contributed by atoms with Crippen molar-refractivity contribution >= 4 is 67.6 Å². The summed E-state index contributed by atoms with van der Waals surface area (Å²) < 4.78 is 0. The monoisotopic (exact) mass is 299 g/mol. The van der Waals surface area contributed by atoms with Crippen LogP contribution in [0.5, 0.6) is 0 Å². The Morgan fingerprint density at radius 2 is 1.86 bits per heavy atom. The van der Waals surface area contributed by atoms with Crippen LogP contribution in [0.4, 0.5) is 0 Å². The van der Waals surface area contributed by atoms with Crippen LogP contribution in [0, 0.1) is 13.8 Å². The van der Waals surface area contributed by atoms with Crippen LogP contribution >= 0.6 is 51.6 Å². The lowest BCUT2D eigenvalue weighted by Gasteiger charge is -2.18. The van der Waals surface area contributed by atoms with Gasteiger partial charge < -0.3 is 0 Å². The quantitative estimate of drug-likeness (QED) is 0.761. The Kier molecular flexibility index (Phi) is 5.79. The summed E-state index contributed by atoms with van der Waals surface area (Å²) in [6.45, 7) is 4.25. The van der Waals surface area contributed by atoms with Crippen molar-refractivity contribution in [2.45, 2.75) is 13.8 Å². The molecule has 5 atom stereocenters. The number of hydrogen-bond donors (Lipinski definition) is 0. The molecule has 1 rings (SSSR count). The van der Waals surface area contributed by atoms with E-state index in [0.717, 1.165) is 13.7 Å². The van der Waals surface area contributed by atoms with Crippen LogP contribution in [0.1, 0.15) is 11.3 Å². The minimum Gasteiger partial charge on any atom is -0.253 e. The van der Waals surface area contributed by atoms with E-state index in [9.17, 15) is 0 Å². The minimum atomic E-state index is -0.202. The molecule has 0 saturated carbocycles. The summed E-state index contributed by atoms with van der Waals surface area (Å²) in [5, 5.41) is 2.88. The van der Waals surface area contributed by atoms with E-state index in [1.54, 1.807) is 0 Å². The Bertz CT molecular complexity index is 351. The van der Waals surface area contributed by atoms with Gasteiger partial charge in [0.05, 0.1) is 5.44 Å². The first kappa shape index (κ1) is 13.8. The second kappa shape index (κ2) is 5.88. The zero-order valence-corrected chi connectivity index (χ0v) is 14.7. The van der Waals surface area contributed by atoms with Crippen molar-refractivity contribution in [3.05, 3.63) is 11.3 Å². The molecule has 0 amide bonds. The van der Waals surface area contributed by atoms with Crippen LogP contribution < -0.4 is 16.0 Å². The molecule has 5 unspecified atom stereocenters. The van der Waals surface area contributed by atoms with Gasteiger partial charge in [0.25, 0.3) is 0 Å². The minimum absolute atomic E-state index is 0.202. The van der Waals surface area contributed by atoms with Crippen molar-refractivity contribution in [1.29, 1.82) is 0 Å². The first-order valence-electron chi connectivity index (χ1n) is 4.01. The first-order valence-corrected chi connectivity index (χ1v) is 12.0. The second-order valence-electron chi connectivity index (χ2n) is 2.98. The fourth-order valence-corrected chi connectivity index (χ4v) is 7.98. The van der Waals surface area contributed by atoms with Crippen molar-refractivity contribution in [2.24, 2.45) is 0 Å². The summed E-state index contributed by atoms with van der Waals surface area (Å²) in [7, 11) is 11.9. The standard InChI is InChI=1S/C7H15NP6/c1-3-6(14(11)12)5(13-10)4(2)8-7(3)9/h13H,9-12H2,1-2H3. The molecule has 0 spiro atoms. The van der Waals surface area contributed by atoms with Crippen LogP contribution in [0.15, 0.2) is 0 Å². The van der Waals surface area contributed by atoms with Crippen molar-refractivity contribution < 1.29 is 0 Å². The smallest absolute Gasteiger partial charge is 0.0608 e. The van der Waals surface area contributed by atoms with Crippen LogP contribution in [-0.2, 0) is 0 Å². The van der Waals surface area contributed by atoms with Crippen molar-refractivity contribution in [3.63, 3.8) is 0 Å². The number of aromatic nitrogens is 1. The molecule has 1 aromatic heterocycles. The van der Waals surface area contributed by atoms with Gasteiger partial charge in [0, 0.05) is 11.0 Å². The van der Waals surface area contributed by atoms with Gasteiger partial charge >= 0.3 is 0 Å². The van der Waals surface area contributed by atoms with E-state index < -0.39 is 0 Å². The Balaban J connectivity index is 3.48. The van der Waals surface area contributed by atoms with Crippen molar-refractivity contribution in [1.82, 2.24) is 4.98 Å². The van der Waals surface area contributed by atoms with Gasteiger partial charge in [-0.25, -0.2) is 0 Å². The van der Waals surface area contributed by atoms with Crippen molar-refractivity contribution in [3.8, 4) is 0 Å². The predicted octanol–water partition coefficient (Wildman–Crippen LogP) is 1.98. The molecule has 14 heavy (non-hydrogen) atoms. The van der Waals surface area contributed by atoms with Gasteiger partial charge in [-0.15, -0.1) is 26.8 Å². The highest BCUT2D eigenvalue weighted by atomic mass is 32.4. The summed E-state index contributed by atoms with van der Waals surface area (Å²) in [6, 6.07) is 0. The number of rotatable bonds is 2. The maximum Gasteiger partial charge on any atom is 0.0608 e. The molecule has 0 aliphatic carbocycles. The number of pyridine rings is 1. The molecule has 0 aliphatic rings. The van der Waals surface area contributed by atoms with E-state index in [1.165, 1.54) is 21.9 Å². The van der Waals surface area contributed by atoms with Gasteiger partial charge in [-0.3, -0.25) is 4.98 Å². The molecule has 78 valence electrons. The van der Waals surface area contributed by atoms with Gasteiger partial charge in [0.1, 0.15) is 0 Å². The van der Waals surface area contributed by atoms with Gasteiger partial charge in [0.2, 0.25) is 0 Å². The fraction of sp³-hybridized carbons (Fsp3) is 0.286. The summed E-state index contributed by atoms with van der Waals surface area (Å²) in [6.07, 6.45) is 0. The van der Waals surface area contributed by atoms with Crippen LogP contribution in [0.25, 0.3) is 0 Å². The van der Waals surface area contributed by atoms with E-state index in [2.05, 4.69) is 54.9 Å². The topological polar surface area (TPSA) is 12.9 Å². The third-order valence-corrected chi connectivity index (χ3v) is 7.19. The van der Waals surface area contributed by atoms with Crippen LogP contribution in [-0.4, -0.2) is 4.98 Å². The maximum absolute atomic E-state index is 4.54. The summed E-state index contributed by atoms with van der Waals surface area (Å²) >= 11 is 0. The van der Waals surface area contributed by atoms with Gasteiger partial charge in [-0.1, -0.05) is 17.5 Å². The summed E-state index contributed by atoms with van der Waals surface area (Å²) in [4.78, 5) is 4.54. The average molecular weight is 299 g/mol. The lowest BCUT2D eigenvalue weighted by atomic mass is 10.3. The molecular weight excluding hydrogens is 284 g/mol. The average Bonchev–Trinajstić information content (AvgIpc) is 2.10. The highest BCUT2D eigenvalue weighted by Crippen LogP contribution is 2.52. The Hall–Kier alpha value is 1.73. The lowest BCUT2D eigenvalue weighted by Crippen LogP contribution is -2.29. The lowest BCUT2D eigenvalue weighted by molar-refractivity contribution is 1.25. The maximum atomic E-state index is 4.54. The predicted molar refractivity (Wildman–Crippen MR) is 86.7 cm³/mol. The fourth-order valence-electron chi connectivity index (χ4n) is 1.30. The van der Waals surface area contributed by atoms with E-state index >= 15 is 0 Å². The third-order valence-electron chi connectivity index (χ3n) is 2.03. The molecule has 1 aromatic rings. The van der Waals surface area contributed by atoms with Gasteiger partial charge in [0.15, 0.2) is 0 Å². The van der Waals surface area contributed by atoms with E-state index in [1.807, 2.05) is 0 Å². The Morgan fingerprint density at radius 1 is 1.29 bits per heavy atom. The highest BCUT2D eigenvalue weighted by Gasteiger charge is 2.14. The molecule has 0 saturated heterocycles. The number of hydrogen-bond acceptors (Lipinski definition) is 1. The molecule has 0 fully saturated rings. The normalized spacial score (nSPS) is 11.9. The molecule has 1 nitrogen and oxygen atoms in total. The van der Waals surface area contributed by atoms with Crippen LogP contribution in [0.2, 0.25) is 0 Å². The van der Waals surface area contributed by atoms with Crippen LogP contribution in [0.3, 0.4) is 0 Å². The second-order valence-corrected chi connectivity index (χ2v) is 11.6. The summed E-state index contributed by atoms with van der Waals surface area (Å²) in [5.74, 6) is 0. The van der Waals surface area contributed by atoms with Gasteiger partial charge in [-0.05, 0) is 32.0 Å². The van der Waals surface area contributed by atoms with E-state index in [-0.39, 0.29) is 7.30 Å². The molecule has 0 aromatic carbocycles. The molecule has 1 heterocycles. The molecular formula is C7H15NP6. The molecule has 0 bridgehead atoms. The SMILES string of the molecule is Cc1nc(P)c(C)c(P(P)P)c1PP. The number of nitrogens with zero attached hydrogens (tertiary/aromatic N) is 1. The highest BCUT2D eigenvalue weighted by molar-refractivity contribution is 8.46. The zero-order valence-electron chi connectivity index (χ0n) is 8.20. The van der Waals surface area contributed by atoms with E-state index in [0.29, 0.717) is 0 Å². The molecule has 0 N–H and O–H groups in total. The summed E-state index contributed by atoms with van der Waals surface area (Å²) in [5.41, 5.74) is 3.57. The van der Waals surface area contributed by atoms with E-state index in [4.69, 9.17) is 0 Å². The zero-order chi connectivity index (χ0) is 10.9. The van der Waals surface area contributed by atoms with Crippen molar-refractivity contribution in [2.75, 3.05) is 0 Å². The third kappa shape index (κ3) is 2.89. The Morgan fingerprint density at radius 3 is 2.29 bits per heavy atom. The first-order chi connectivity index (χ1) is 6.49. The molecule has 0 aliphatic heterocycles.